The molecule has 5 nitrogen and oxygen atoms in total. The number of likely N-dealkylation sites (tertiary alicyclic amines) is 1. The van der Waals surface area contributed by atoms with Crippen LogP contribution in [-0.2, 0) is 9.59 Å². The summed E-state index contributed by atoms with van der Waals surface area (Å²) in [6.45, 7) is 4.20. The van der Waals surface area contributed by atoms with Gasteiger partial charge in [0.1, 0.15) is 6.54 Å². The van der Waals surface area contributed by atoms with Gasteiger partial charge in [-0.05, 0) is 77.6 Å². The summed E-state index contributed by atoms with van der Waals surface area (Å²) in [5.41, 5.74) is 3.98. The lowest BCUT2D eigenvalue weighted by Crippen LogP contribution is -2.44. The van der Waals surface area contributed by atoms with Crippen molar-refractivity contribution in [1.82, 2.24) is 9.80 Å². The number of anilines is 1. The monoisotopic (exact) mass is 529 g/mol. The van der Waals surface area contributed by atoms with Crippen molar-refractivity contribution in [2.24, 2.45) is 0 Å². The van der Waals surface area contributed by atoms with E-state index in [1.54, 1.807) is 34.4 Å². The zero-order valence-electron chi connectivity index (χ0n) is 19.9. The molecule has 2 amide bonds. The first kappa shape index (κ1) is 25.7. The summed E-state index contributed by atoms with van der Waals surface area (Å²) in [4.78, 5) is 31.5. The maximum Gasteiger partial charge on any atom is 0.242 e. The third-order valence-electron chi connectivity index (χ3n) is 6.53. The molecule has 1 aliphatic heterocycles. The summed E-state index contributed by atoms with van der Waals surface area (Å²) in [5.74, 6) is -0.376. The molecule has 2 aromatic carbocycles. The summed E-state index contributed by atoms with van der Waals surface area (Å²) >= 11 is 13.9. The Morgan fingerprint density at radius 2 is 1.71 bits per heavy atom. The number of carbonyl (C=O) groups excluding carboxylic acids is 2. The number of thiophene rings is 1. The molecule has 0 bridgehead atoms. The molecule has 3 aromatic rings. The van der Waals surface area contributed by atoms with E-state index in [0.717, 1.165) is 30.8 Å². The lowest BCUT2D eigenvalue weighted by molar-refractivity contribution is -0.132. The molecule has 0 spiro atoms. The summed E-state index contributed by atoms with van der Waals surface area (Å²) < 4.78 is 0. The molecule has 1 saturated heterocycles. The number of hydrogen-bond acceptors (Lipinski definition) is 4. The summed E-state index contributed by atoms with van der Waals surface area (Å²) in [7, 11) is 1.82. The highest BCUT2D eigenvalue weighted by Gasteiger charge is 2.28. The van der Waals surface area contributed by atoms with Gasteiger partial charge in [-0.25, -0.2) is 0 Å². The van der Waals surface area contributed by atoms with Gasteiger partial charge in [0.05, 0.1) is 16.1 Å². The largest absolute Gasteiger partial charge is 0.336 e. The van der Waals surface area contributed by atoms with E-state index >= 15 is 0 Å². The van der Waals surface area contributed by atoms with E-state index < -0.39 is 0 Å². The fourth-order valence-electron chi connectivity index (χ4n) is 4.45. The van der Waals surface area contributed by atoms with Gasteiger partial charge in [-0.1, -0.05) is 47.5 Å². The van der Waals surface area contributed by atoms with Crippen LogP contribution in [0, 0.1) is 0 Å². The average Bonchev–Trinajstić information content (AvgIpc) is 3.57. The van der Waals surface area contributed by atoms with Crippen LogP contribution in [0.1, 0.15) is 31.4 Å². The van der Waals surface area contributed by atoms with Gasteiger partial charge < -0.3 is 14.7 Å². The molecule has 0 aliphatic carbocycles. The van der Waals surface area contributed by atoms with E-state index in [1.807, 2.05) is 7.05 Å². The highest BCUT2D eigenvalue weighted by molar-refractivity contribution is 7.08. The van der Waals surface area contributed by atoms with E-state index in [4.69, 9.17) is 23.2 Å². The molecule has 35 heavy (non-hydrogen) atoms. The number of likely N-dealkylation sites (N-methyl/N-ethyl adjacent to an activating group) is 1. The molecule has 1 aromatic heterocycles. The van der Waals surface area contributed by atoms with Crippen LogP contribution in [0.3, 0.4) is 0 Å². The van der Waals surface area contributed by atoms with Crippen molar-refractivity contribution in [3.63, 3.8) is 0 Å². The smallest absolute Gasteiger partial charge is 0.242 e. The van der Waals surface area contributed by atoms with Crippen molar-refractivity contribution in [3.05, 3.63) is 74.9 Å². The molecule has 2 heterocycles. The molecule has 1 unspecified atom stereocenters. The normalized spacial score (nSPS) is 14.6. The summed E-state index contributed by atoms with van der Waals surface area (Å²) in [5, 5.41) is 4.94. The number of carbonyl (C=O) groups is 2. The number of amides is 2. The van der Waals surface area contributed by atoms with E-state index in [9.17, 15) is 9.59 Å². The molecule has 8 heteroatoms. The highest BCUT2D eigenvalue weighted by Crippen LogP contribution is 2.30. The van der Waals surface area contributed by atoms with Crippen molar-refractivity contribution >= 4 is 52.0 Å². The Morgan fingerprint density at radius 1 is 1.00 bits per heavy atom. The Balaban J connectivity index is 1.56. The number of halogens is 2. The van der Waals surface area contributed by atoms with Gasteiger partial charge in [0.2, 0.25) is 11.8 Å². The van der Waals surface area contributed by atoms with Crippen LogP contribution < -0.4 is 4.90 Å². The number of benzene rings is 2. The minimum absolute atomic E-state index is 0.0761. The molecule has 1 fully saturated rings. The maximum atomic E-state index is 13.5. The van der Waals surface area contributed by atoms with Gasteiger partial charge in [-0.15, -0.1) is 0 Å². The minimum atomic E-state index is -0.235. The number of hydrogen-bond donors (Lipinski definition) is 0. The van der Waals surface area contributed by atoms with E-state index in [2.05, 4.69) is 46.0 Å². The Labute approximate surface area is 220 Å². The summed E-state index contributed by atoms with van der Waals surface area (Å²) in [6, 6.07) is 15.4. The van der Waals surface area contributed by atoms with Gasteiger partial charge >= 0.3 is 0 Å². The quantitative estimate of drug-likeness (QED) is 0.340. The predicted molar refractivity (Wildman–Crippen MR) is 145 cm³/mol. The Hall–Kier alpha value is -2.38. The van der Waals surface area contributed by atoms with E-state index in [1.165, 1.54) is 30.2 Å². The molecule has 0 saturated carbocycles. The van der Waals surface area contributed by atoms with Crippen molar-refractivity contribution in [2.45, 2.75) is 25.8 Å². The zero-order chi connectivity index (χ0) is 24.9. The van der Waals surface area contributed by atoms with Crippen LogP contribution in [-0.4, -0.2) is 54.8 Å². The van der Waals surface area contributed by atoms with Crippen molar-refractivity contribution in [3.8, 4) is 11.1 Å². The van der Waals surface area contributed by atoms with Crippen molar-refractivity contribution in [1.29, 1.82) is 0 Å². The average molecular weight is 531 g/mol. The van der Waals surface area contributed by atoms with Crippen LogP contribution in [0.5, 0.6) is 0 Å². The molecule has 4 rings (SSSR count). The van der Waals surface area contributed by atoms with E-state index in [0.29, 0.717) is 15.7 Å². The second-order valence-corrected chi connectivity index (χ2v) is 10.5. The standard InChI is InChI=1S/C27H29Cl2N3O2S/c1-19(33)32(23-9-10-24(28)25(29)15-23)17-27(34)30(2)26(16-31-12-3-4-13-31)21-7-5-20(6-8-21)22-11-14-35-18-22/h5-11,14-15,18,26H,3-4,12-13,16-17H2,1-2H3. The first-order valence-corrected chi connectivity index (χ1v) is 13.4. The Morgan fingerprint density at radius 3 is 2.31 bits per heavy atom. The van der Waals surface area contributed by atoms with Crippen LogP contribution in [0.2, 0.25) is 10.0 Å². The SMILES string of the molecule is CC(=O)N(CC(=O)N(C)C(CN1CCCC1)c1ccc(-c2ccsc2)cc1)c1ccc(Cl)c(Cl)c1. The van der Waals surface area contributed by atoms with Crippen molar-refractivity contribution in [2.75, 3.05) is 38.1 Å². The molecule has 1 aliphatic rings. The zero-order valence-corrected chi connectivity index (χ0v) is 22.2. The van der Waals surface area contributed by atoms with Crippen LogP contribution in [0.15, 0.2) is 59.3 Å². The van der Waals surface area contributed by atoms with Gasteiger partial charge in [0.25, 0.3) is 0 Å². The van der Waals surface area contributed by atoms with Gasteiger partial charge in [-0.3, -0.25) is 9.59 Å². The maximum absolute atomic E-state index is 13.5. The topological polar surface area (TPSA) is 43.9 Å². The second kappa shape index (κ2) is 11.6. The van der Waals surface area contributed by atoms with Crippen LogP contribution in [0.4, 0.5) is 5.69 Å². The highest BCUT2D eigenvalue weighted by atomic mass is 35.5. The fourth-order valence-corrected chi connectivity index (χ4v) is 5.40. The van der Waals surface area contributed by atoms with Crippen LogP contribution in [0.25, 0.3) is 11.1 Å². The lowest BCUT2D eigenvalue weighted by Gasteiger charge is -2.33. The summed E-state index contributed by atoms with van der Waals surface area (Å²) in [6.07, 6.45) is 2.35. The second-order valence-electron chi connectivity index (χ2n) is 8.87. The first-order valence-electron chi connectivity index (χ1n) is 11.7. The molecule has 0 radical (unpaired) electrons. The Kier molecular flexibility index (Phi) is 8.50. The Bertz CT molecular complexity index is 1160. The minimum Gasteiger partial charge on any atom is -0.336 e. The molecule has 0 N–H and O–H groups in total. The van der Waals surface area contributed by atoms with E-state index in [-0.39, 0.29) is 24.4 Å². The third kappa shape index (κ3) is 6.25. The van der Waals surface area contributed by atoms with Crippen molar-refractivity contribution < 1.29 is 9.59 Å². The first-order chi connectivity index (χ1) is 16.8. The molecule has 1 atom stereocenters. The van der Waals surface area contributed by atoms with Crippen LogP contribution >= 0.6 is 34.5 Å². The number of rotatable bonds is 8. The third-order valence-corrected chi connectivity index (χ3v) is 7.95. The van der Waals surface area contributed by atoms with Gasteiger partial charge in [0, 0.05) is 26.2 Å². The molecule has 184 valence electrons. The van der Waals surface area contributed by atoms with Gasteiger partial charge in [-0.2, -0.15) is 11.3 Å². The molecular weight excluding hydrogens is 501 g/mol. The van der Waals surface area contributed by atoms with Gasteiger partial charge in [0.15, 0.2) is 0 Å². The molecular formula is C27H29Cl2N3O2S. The number of nitrogens with zero attached hydrogens (tertiary/aromatic N) is 3. The lowest BCUT2D eigenvalue weighted by atomic mass is 10.0. The fraction of sp³-hybridized carbons (Fsp3) is 0.333. The predicted octanol–water partition coefficient (Wildman–Crippen LogP) is 6.37.